The summed E-state index contributed by atoms with van der Waals surface area (Å²) in [6.45, 7) is 3.43. The van der Waals surface area contributed by atoms with Crippen LogP contribution >= 0.6 is 0 Å². The van der Waals surface area contributed by atoms with Crippen LogP contribution in [0.25, 0.3) is 11.3 Å². The number of nitrogens with zero attached hydrogens (tertiary/aromatic N) is 4. The molecule has 160 valence electrons. The zero-order chi connectivity index (χ0) is 22.0. The molecule has 0 spiro atoms. The third-order valence-corrected chi connectivity index (χ3v) is 5.69. The van der Waals surface area contributed by atoms with E-state index in [1.807, 2.05) is 42.1 Å². The Kier molecular flexibility index (Phi) is 5.89. The van der Waals surface area contributed by atoms with Crippen molar-refractivity contribution in [3.05, 3.63) is 71.4 Å². The molecule has 3 aromatic rings. The minimum absolute atomic E-state index is 0.0297. The third-order valence-electron chi connectivity index (χ3n) is 5.69. The first-order valence-corrected chi connectivity index (χ1v) is 10.5. The molecule has 0 N–H and O–H groups in total. The number of ether oxygens (including phenoxy) is 1. The lowest BCUT2D eigenvalue weighted by Crippen LogP contribution is -2.28. The lowest BCUT2D eigenvalue weighted by Gasteiger charge is -2.18. The van der Waals surface area contributed by atoms with Gasteiger partial charge in [0.1, 0.15) is 5.75 Å². The second-order valence-electron chi connectivity index (χ2n) is 8.21. The van der Waals surface area contributed by atoms with E-state index in [9.17, 15) is 4.79 Å². The van der Waals surface area contributed by atoms with Crippen molar-refractivity contribution in [3.8, 4) is 17.0 Å². The van der Waals surface area contributed by atoms with Crippen molar-refractivity contribution >= 4 is 11.9 Å². The maximum atomic E-state index is 13.0. The molecular weight excluding hydrogens is 388 g/mol. The monoisotopic (exact) mass is 416 g/mol. The molecule has 2 aromatic carbocycles. The van der Waals surface area contributed by atoms with Crippen molar-refractivity contribution in [2.45, 2.75) is 19.3 Å². The van der Waals surface area contributed by atoms with Crippen LogP contribution in [0.1, 0.15) is 34.0 Å². The van der Waals surface area contributed by atoms with E-state index in [1.165, 1.54) is 5.56 Å². The van der Waals surface area contributed by atoms with Crippen LogP contribution in [0.3, 0.4) is 0 Å². The van der Waals surface area contributed by atoms with E-state index in [2.05, 4.69) is 37.3 Å². The van der Waals surface area contributed by atoms with Gasteiger partial charge in [0, 0.05) is 44.2 Å². The van der Waals surface area contributed by atoms with E-state index in [-0.39, 0.29) is 11.8 Å². The number of carbonyl (C=O) groups excluding carboxylic acids is 1. The number of aromatic nitrogens is 2. The zero-order valence-electron chi connectivity index (χ0n) is 18.5. The van der Waals surface area contributed by atoms with Crippen molar-refractivity contribution in [1.29, 1.82) is 0 Å². The molecule has 0 aliphatic carbocycles. The summed E-state index contributed by atoms with van der Waals surface area (Å²) in [5.74, 6) is 1.59. The van der Waals surface area contributed by atoms with Crippen molar-refractivity contribution in [2.75, 3.05) is 39.2 Å². The highest BCUT2D eigenvalue weighted by Crippen LogP contribution is 2.31. The van der Waals surface area contributed by atoms with Crippen LogP contribution in [-0.4, -0.2) is 55.1 Å². The number of likely N-dealkylation sites (tertiary alicyclic amines) is 1. The highest BCUT2D eigenvalue weighted by molar-refractivity contribution is 5.94. The van der Waals surface area contributed by atoms with E-state index < -0.39 is 0 Å². The molecule has 1 fully saturated rings. The summed E-state index contributed by atoms with van der Waals surface area (Å²) in [7, 11) is 5.51. The fourth-order valence-corrected chi connectivity index (χ4v) is 3.86. The first kappa shape index (κ1) is 20.8. The number of amides is 1. The van der Waals surface area contributed by atoms with Gasteiger partial charge >= 0.3 is 0 Å². The van der Waals surface area contributed by atoms with E-state index in [4.69, 9.17) is 14.7 Å². The van der Waals surface area contributed by atoms with E-state index >= 15 is 0 Å². The standard InChI is InChI=1S/C25H28N4O2/c1-17-8-10-18(11-9-17)22-15-23(27-25(26-22)28(2)3)20-12-13-29(16-20)24(30)19-6-5-7-21(14-19)31-4/h5-11,14-15,20H,12-13,16H2,1-4H3. The largest absolute Gasteiger partial charge is 0.497 e. The number of carbonyl (C=O) groups is 1. The molecule has 2 heterocycles. The van der Waals surface area contributed by atoms with Gasteiger partial charge in [-0.15, -0.1) is 0 Å². The maximum absolute atomic E-state index is 13.0. The molecule has 1 atom stereocenters. The van der Waals surface area contributed by atoms with Gasteiger partial charge in [-0.25, -0.2) is 9.97 Å². The number of aryl methyl sites for hydroxylation is 1. The molecule has 6 nitrogen and oxygen atoms in total. The van der Waals surface area contributed by atoms with Crippen molar-refractivity contribution in [1.82, 2.24) is 14.9 Å². The van der Waals surface area contributed by atoms with Crippen LogP contribution in [0.5, 0.6) is 5.75 Å². The molecule has 4 rings (SSSR count). The van der Waals surface area contributed by atoms with Crippen molar-refractivity contribution in [2.24, 2.45) is 0 Å². The number of hydrogen-bond acceptors (Lipinski definition) is 5. The summed E-state index contributed by atoms with van der Waals surface area (Å²) in [6, 6.07) is 17.8. The second kappa shape index (κ2) is 8.76. The van der Waals surface area contributed by atoms with Crippen molar-refractivity contribution in [3.63, 3.8) is 0 Å². The smallest absolute Gasteiger partial charge is 0.254 e. The summed E-state index contributed by atoms with van der Waals surface area (Å²) < 4.78 is 5.26. The Morgan fingerprint density at radius 1 is 1.10 bits per heavy atom. The topological polar surface area (TPSA) is 58.6 Å². The highest BCUT2D eigenvalue weighted by atomic mass is 16.5. The minimum Gasteiger partial charge on any atom is -0.497 e. The van der Waals surface area contributed by atoms with Crippen LogP contribution in [0.15, 0.2) is 54.6 Å². The Labute approximate surface area is 183 Å². The summed E-state index contributed by atoms with van der Waals surface area (Å²) in [5.41, 5.74) is 4.83. The van der Waals surface area contributed by atoms with Crippen LogP contribution in [0.4, 0.5) is 5.95 Å². The minimum atomic E-state index is 0.0297. The van der Waals surface area contributed by atoms with Gasteiger partial charge in [-0.05, 0) is 37.6 Å². The molecule has 6 heteroatoms. The number of rotatable bonds is 5. The molecule has 1 amide bonds. The lowest BCUT2D eigenvalue weighted by atomic mass is 10.0. The summed E-state index contributed by atoms with van der Waals surface area (Å²) in [5, 5.41) is 0. The molecule has 1 aromatic heterocycles. The quantitative estimate of drug-likeness (QED) is 0.625. The van der Waals surface area contributed by atoms with Gasteiger partial charge in [0.05, 0.1) is 18.5 Å². The van der Waals surface area contributed by atoms with Gasteiger partial charge in [-0.2, -0.15) is 0 Å². The Morgan fingerprint density at radius 2 is 1.87 bits per heavy atom. The first-order valence-electron chi connectivity index (χ1n) is 10.5. The molecule has 31 heavy (non-hydrogen) atoms. The van der Waals surface area contributed by atoms with Crippen LogP contribution in [-0.2, 0) is 0 Å². The number of methoxy groups -OCH3 is 1. The van der Waals surface area contributed by atoms with Crippen LogP contribution in [0, 0.1) is 6.92 Å². The Hall–Kier alpha value is -3.41. The Morgan fingerprint density at radius 3 is 2.58 bits per heavy atom. The summed E-state index contributed by atoms with van der Waals surface area (Å²) in [6.07, 6.45) is 0.882. The number of hydrogen-bond donors (Lipinski definition) is 0. The van der Waals surface area contributed by atoms with Crippen molar-refractivity contribution < 1.29 is 9.53 Å². The predicted molar refractivity (Wildman–Crippen MR) is 123 cm³/mol. The van der Waals surface area contributed by atoms with Gasteiger partial charge in [-0.1, -0.05) is 35.9 Å². The van der Waals surface area contributed by atoms with Crippen LogP contribution in [0.2, 0.25) is 0 Å². The van der Waals surface area contributed by atoms with E-state index in [0.29, 0.717) is 30.4 Å². The molecule has 1 aliphatic heterocycles. The molecule has 1 aliphatic rings. The van der Waals surface area contributed by atoms with E-state index in [1.54, 1.807) is 13.2 Å². The number of anilines is 1. The fourth-order valence-electron chi connectivity index (χ4n) is 3.86. The Bertz CT molecular complexity index is 1080. The van der Waals surface area contributed by atoms with Gasteiger partial charge in [0.25, 0.3) is 5.91 Å². The predicted octanol–water partition coefficient (Wildman–Crippen LogP) is 4.16. The molecule has 1 saturated heterocycles. The zero-order valence-corrected chi connectivity index (χ0v) is 18.5. The van der Waals surface area contributed by atoms with Gasteiger partial charge < -0.3 is 14.5 Å². The van der Waals surface area contributed by atoms with Crippen LogP contribution < -0.4 is 9.64 Å². The average molecular weight is 417 g/mol. The van der Waals surface area contributed by atoms with Gasteiger partial charge in [0.15, 0.2) is 0 Å². The average Bonchev–Trinajstić information content (AvgIpc) is 3.29. The molecular formula is C25H28N4O2. The van der Waals surface area contributed by atoms with Gasteiger partial charge in [0.2, 0.25) is 5.95 Å². The summed E-state index contributed by atoms with van der Waals surface area (Å²) in [4.78, 5) is 26.4. The molecule has 0 bridgehead atoms. The van der Waals surface area contributed by atoms with Gasteiger partial charge in [-0.3, -0.25) is 4.79 Å². The SMILES string of the molecule is COc1cccc(C(=O)N2CCC(c3cc(-c4ccc(C)cc4)nc(N(C)C)n3)C2)c1. The van der Waals surface area contributed by atoms with E-state index in [0.717, 1.165) is 23.4 Å². The molecule has 0 saturated carbocycles. The fraction of sp³-hybridized carbons (Fsp3) is 0.320. The maximum Gasteiger partial charge on any atom is 0.254 e. The highest BCUT2D eigenvalue weighted by Gasteiger charge is 2.30. The number of benzene rings is 2. The molecule has 1 unspecified atom stereocenters. The first-order chi connectivity index (χ1) is 14.9. The second-order valence-corrected chi connectivity index (χ2v) is 8.21. The Balaban J connectivity index is 1.59. The third kappa shape index (κ3) is 4.53. The summed E-state index contributed by atoms with van der Waals surface area (Å²) >= 11 is 0. The lowest BCUT2D eigenvalue weighted by molar-refractivity contribution is 0.0790. The normalized spacial score (nSPS) is 15.7. The molecule has 0 radical (unpaired) electrons.